The van der Waals surface area contributed by atoms with Gasteiger partial charge in [-0.1, -0.05) is 35.4 Å². The van der Waals surface area contributed by atoms with Crippen LogP contribution in [0.25, 0.3) is 0 Å². The summed E-state index contributed by atoms with van der Waals surface area (Å²) in [6.07, 6.45) is 4.34. The van der Waals surface area contributed by atoms with Crippen LogP contribution in [0.15, 0.2) is 47.5 Å². The number of nitrogen functional groups attached to an aromatic ring is 1. The van der Waals surface area contributed by atoms with Gasteiger partial charge in [0.1, 0.15) is 23.4 Å². The number of carbonyl (C=O) groups is 1. The van der Waals surface area contributed by atoms with Crippen molar-refractivity contribution < 1.29 is 4.79 Å². The van der Waals surface area contributed by atoms with Crippen LogP contribution < -0.4 is 21.9 Å². The summed E-state index contributed by atoms with van der Waals surface area (Å²) in [4.78, 5) is 34.7. The Kier molecular flexibility index (Phi) is 5.94. The van der Waals surface area contributed by atoms with E-state index in [1.807, 2.05) is 26.8 Å². The van der Waals surface area contributed by atoms with Gasteiger partial charge in [0, 0.05) is 19.2 Å². The number of amides is 1. The van der Waals surface area contributed by atoms with Crippen molar-refractivity contribution in [3.8, 4) is 0 Å². The fraction of sp³-hybridized carbons (Fsp3) is 0.333. The van der Waals surface area contributed by atoms with Crippen LogP contribution in [0.1, 0.15) is 53.5 Å². The quantitative estimate of drug-likeness (QED) is 0.552. The summed E-state index contributed by atoms with van der Waals surface area (Å²) in [5.41, 5.74) is 10.1. The minimum atomic E-state index is -0.586. The van der Waals surface area contributed by atoms with Crippen molar-refractivity contribution in [3.05, 3.63) is 81.2 Å². The van der Waals surface area contributed by atoms with Gasteiger partial charge in [0.25, 0.3) is 5.56 Å². The molecule has 2 aromatic heterocycles. The van der Waals surface area contributed by atoms with Crippen molar-refractivity contribution in [2.45, 2.75) is 52.2 Å². The molecule has 0 saturated carbocycles. The number of fused-ring (bicyclic) bond motifs is 1. The number of anilines is 2. The molecule has 0 unspecified atom stereocenters. The highest BCUT2D eigenvalue weighted by Crippen LogP contribution is 2.24. The Balaban J connectivity index is 1.50. The zero-order chi connectivity index (χ0) is 22.8. The molecular formula is C24H28N6O2. The molecule has 0 saturated heterocycles. The molecular weight excluding hydrogens is 404 g/mol. The Morgan fingerprint density at radius 3 is 2.62 bits per heavy atom. The summed E-state index contributed by atoms with van der Waals surface area (Å²) >= 11 is 0. The van der Waals surface area contributed by atoms with E-state index in [0.717, 1.165) is 11.1 Å². The second kappa shape index (κ2) is 8.82. The Morgan fingerprint density at radius 1 is 1.19 bits per heavy atom. The summed E-state index contributed by atoms with van der Waals surface area (Å²) < 4.78 is 1.52. The number of rotatable bonds is 6. The van der Waals surface area contributed by atoms with Gasteiger partial charge in [0.15, 0.2) is 0 Å². The zero-order valence-corrected chi connectivity index (χ0v) is 18.6. The van der Waals surface area contributed by atoms with Crippen LogP contribution in [0.4, 0.5) is 11.5 Å². The normalized spacial score (nSPS) is 15.8. The van der Waals surface area contributed by atoms with E-state index in [1.54, 1.807) is 18.5 Å². The van der Waals surface area contributed by atoms with Crippen molar-refractivity contribution in [1.29, 1.82) is 0 Å². The lowest BCUT2D eigenvalue weighted by Gasteiger charge is -2.19. The minimum Gasteiger partial charge on any atom is -0.384 e. The number of benzene rings is 1. The molecule has 4 N–H and O–H groups in total. The molecule has 0 radical (unpaired) electrons. The molecule has 32 heavy (non-hydrogen) atoms. The minimum absolute atomic E-state index is 0.205. The van der Waals surface area contributed by atoms with E-state index in [0.29, 0.717) is 36.7 Å². The van der Waals surface area contributed by atoms with Crippen LogP contribution in [-0.4, -0.2) is 20.4 Å². The molecule has 166 valence electrons. The molecule has 4 rings (SSSR count). The average Bonchev–Trinajstić information content (AvgIpc) is 3.18. The van der Waals surface area contributed by atoms with E-state index < -0.39 is 6.04 Å². The monoisotopic (exact) mass is 432 g/mol. The topological polar surface area (TPSA) is 115 Å². The molecule has 1 amide bonds. The predicted octanol–water partition coefficient (Wildman–Crippen LogP) is 2.81. The molecule has 0 bridgehead atoms. The first kappa shape index (κ1) is 21.5. The van der Waals surface area contributed by atoms with Crippen LogP contribution in [0.2, 0.25) is 0 Å². The lowest BCUT2D eigenvalue weighted by atomic mass is 10.1. The van der Waals surface area contributed by atoms with Crippen molar-refractivity contribution in [3.63, 3.8) is 0 Å². The highest BCUT2D eigenvalue weighted by atomic mass is 16.2. The maximum absolute atomic E-state index is 13.2. The number of nitrogens with zero attached hydrogens (tertiary/aromatic N) is 3. The second-order valence-corrected chi connectivity index (χ2v) is 8.41. The summed E-state index contributed by atoms with van der Waals surface area (Å²) in [5.74, 6) is 0.854. The number of nitrogens with one attached hydrogen (secondary N) is 2. The first-order chi connectivity index (χ1) is 15.3. The van der Waals surface area contributed by atoms with Gasteiger partial charge >= 0.3 is 0 Å². The Hall–Kier alpha value is -3.68. The number of aromatic nitrogens is 3. The Bertz CT molecular complexity index is 1180. The highest BCUT2D eigenvalue weighted by Gasteiger charge is 2.31. The van der Waals surface area contributed by atoms with Gasteiger partial charge in [0.05, 0.1) is 12.2 Å². The maximum atomic E-state index is 13.2. The van der Waals surface area contributed by atoms with Gasteiger partial charge in [-0.15, -0.1) is 0 Å². The van der Waals surface area contributed by atoms with Crippen molar-refractivity contribution in [2.24, 2.45) is 0 Å². The molecule has 0 fully saturated rings. The van der Waals surface area contributed by atoms with Gasteiger partial charge in [-0.25, -0.2) is 9.97 Å². The van der Waals surface area contributed by atoms with E-state index in [-0.39, 0.29) is 17.5 Å². The lowest BCUT2D eigenvalue weighted by Crippen LogP contribution is -2.37. The number of aryl methyl sites for hydroxylation is 3. The summed E-state index contributed by atoms with van der Waals surface area (Å²) in [7, 11) is 0. The van der Waals surface area contributed by atoms with E-state index in [4.69, 9.17) is 5.73 Å². The van der Waals surface area contributed by atoms with Gasteiger partial charge in [-0.3, -0.25) is 14.2 Å². The van der Waals surface area contributed by atoms with E-state index >= 15 is 0 Å². The number of hydrogen-bond acceptors (Lipinski definition) is 6. The molecule has 1 aliphatic rings. The van der Waals surface area contributed by atoms with E-state index in [2.05, 4.69) is 38.8 Å². The van der Waals surface area contributed by atoms with E-state index in [1.165, 1.54) is 15.7 Å². The smallest absolute Gasteiger partial charge is 0.277 e. The number of carbonyl (C=O) groups excluding carboxylic acids is 1. The zero-order valence-electron chi connectivity index (χ0n) is 18.6. The van der Waals surface area contributed by atoms with Crippen LogP contribution in [0.5, 0.6) is 0 Å². The maximum Gasteiger partial charge on any atom is 0.277 e. The van der Waals surface area contributed by atoms with Crippen molar-refractivity contribution in [1.82, 2.24) is 19.9 Å². The number of nitrogens with two attached hydrogens (primary N) is 1. The molecule has 8 heteroatoms. The SMILES string of the molecule is Cc1cc(C)cc(CNc2cnc3n(c2=O)[C@H](C(=O)N[C@@H](C)c2ccc(N)nc2)CC3)c1. The average molecular weight is 433 g/mol. The third-order valence-corrected chi connectivity index (χ3v) is 5.76. The summed E-state index contributed by atoms with van der Waals surface area (Å²) in [5, 5.41) is 6.18. The van der Waals surface area contributed by atoms with Gasteiger partial charge < -0.3 is 16.4 Å². The Labute approximate surface area is 186 Å². The van der Waals surface area contributed by atoms with Crippen molar-refractivity contribution in [2.75, 3.05) is 11.1 Å². The Morgan fingerprint density at radius 2 is 1.94 bits per heavy atom. The molecule has 2 atom stereocenters. The molecule has 0 spiro atoms. The van der Waals surface area contributed by atoms with Crippen LogP contribution in [0, 0.1) is 13.8 Å². The van der Waals surface area contributed by atoms with Gasteiger partial charge in [-0.05, 0) is 44.4 Å². The fourth-order valence-corrected chi connectivity index (χ4v) is 4.21. The standard InChI is InChI=1S/C24H28N6O2/c1-14-8-15(2)10-17(9-14)11-26-19-13-28-22-7-5-20(30(22)24(19)32)23(31)29-16(3)18-4-6-21(25)27-12-18/h4,6,8-10,12-13,16,20,26H,5,7,11H2,1-3H3,(H2,25,27)(H,29,31)/t16-,20-/m0/s1. The predicted molar refractivity (Wildman–Crippen MR) is 124 cm³/mol. The van der Waals surface area contributed by atoms with Crippen LogP contribution in [0.3, 0.4) is 0 Å². The van der Waals surface area contributed by atoms with Gasteiger partial charge in [-0.2, -0.15) is 0 Å². The molecule has 8 nitrogen and oxygen atoms in total. The molecule has 0 aliphatic carbocycles. The number of hydrogen-bond donors (Lipinski definition) is 3. The van der Waals surface area contributed by atoms with Crippen LogP contribution >= 0.6 is 0 Å². The first-order valence-electron chi connectivity index (χ1n) is 10.7. The van der Waals surface area contributed by atoms with Crippen LogP contribution in [-0.2, 0) is 17.8 Å². The van der Waals surface area contributed by atoms with E-state index in [9.17, 15) is 9.59 Å². The largest absolute Gasteiger partial charge is 0.384 e. The first-order valence-corrected chi connectivity index (χ1v) is 10.7. The van der Waals surface area contributed by atoms with Crippen molar-refractivity contribution >= 4 is 17.4 Å². The fourth-order valence-electron chi connectivity index (χ4n) is 4.21. The molecule has 3 aromatic rings. The third-order valence-electron chi connectivity index (χ3n) is 5.76. The molecule has 1 aromatic carbocycles. The third kappa shape index (κ3) is 4.49. The number of pyridine rings is 1. The lowest BCUT2D eigenvalue weighted by molar-refractivity contribution is -0.124. The second-order valence-electron chi connectivity index (χ2n) is 8.41. The van der Waals surface area contributed by atoms with Gasteiger partial charge in [0.2, 0.25) is 5.91 Å². The molecule has 3 heterocycles. The molecule has 1 aliphatic heterocycles. The summed E-state index contributed by atoms with van der Waals surface area (Å²) in [6, 6.07) is 8.97. The highest BCUT2D eigenvalue weighted by molar-refractivity contribution is 5.81. The summed E-state index contributed by atoms with van der Waals surface area (Å²) in [6.45, 7) is 6.49.